The molecule has 2 aromatic carbocycles. The molecule has 2 rings (SSSR count). The number of hydrogen-bond acceptors (Lipinski definition) is 1. The summed E-state index contributed by atoms with van der Waals surface area (Å²) in [5.74, 6) is -0.532. The van der Waals surface area contributed by atoms with Crippen molar-refractivity contribution >= 4 is 45.2 Å². The third-order valence-corrected chi connectivity index (χ3v) is 3.78. The summed E-state index contributed by atoms with van der Waals surface area (Å²) >= 11 is 8.59. The standard InChI is InChI=1S/C16H10BrClF3NO/c17-14-7-6-12(9-13(14)16(19,20)21)22-15(23)8-3-10-1-4-11(18)5-2-10/h1-9H,(H,22,23)/b8-3+. The van der Waals surface area contributed by atoms with Gasteiger partial charge in [0.15, 0.2) is 0 Å². The molecule has 2 nitrogen and oxygen atoms in total. The third-order valence-electron chi connectivity index (χ3n) is 2.84. The molecule has 120 valence electrons. The van der Waals surface area contributed by atoms with Crippen LogP contribution in [0, 0.1) is 0 Å². The largest absolute Gasteiger partial charge is 0.417 e. The Labute approximate surface area is 144 Å². The first kappa shape index (κ1) is 17.6. The number of amides is 1. The Morgan fingerprint density at radius 2 is 1.78 bits per heavy atom. The second-order valence-electron chi connectivity index (χ2n) is 4.57. The van der Waals surface area contributed by atoms with Crippen molar-refractivity contribution in [2.24, 2.45) is 0 Å². The summed E-state index contributed by atoms with van der Waals surface area (Å²) in [6, 6.07) is 10.3. The van der Waals surface area contributed by atoms with Gasteiger partial charge in [0, 0.05) is 21.3 Å². The zero-order valence-electron chi connectivity index (χ0n) is 11.5. The van der Waals surface area contributed by atoms with E-state index in [4.69, 9.17) is 11.6 Å². The Kier molecular flexibility index (Phi) is 5.49. The third kappa shape index (κ3) is 5.11. The zero-order valence-corrected chi connectivity index (χ0v) is 13.8. The highest BCUT2D eigenvalue weighted by Gasteiger charge is 2.33. The van der Waals surface area contributed by atoms with Crippen molar-refractivity contribution in [2.75, 3.05) is 5.32 Å². The Morgan fingerprint density at radius 1 is 1.13 bits per heavy atom. The molecule has 0 atom stereocenters. The van der Waals surface area contributed by atoms with Gasteiger partial charge in [0.05, 0.1) is 5.56 Å². The van der Waals surface area contributed by atoms with Crippen LogP contribution in [0.3, 0.4) is 0 Å². The lowest BCUT2D eigenvalue weighted by Gasteiger charge is -2.11. The highest BCUT2D eigenvalue weighted by atomic mass is 79.9. The molecule has 2 aromatic rings. The Morgan fingerprint density at radius 3 is 2.39 bits per heavy atom. The highest BCUT2D eigenvalue weighted by Crippen LogP contribution is 2.36. The summed E-state index contributed by atoms with van der Waals surface area (Å²) < 4.78 is 38.3. The van der Waals surface area contributed by atoms with Crippen molar-refractivity contribution in [1.29, 1.82) is 0 Å². The first-order chi connectivity index (χ1) is 10.8. The minimum Gasteiger partial charge on any atom is -0.322 e. The highest BCUT2D eigenvalue weighted by molar-refractivity contribution is 9.10. The van der Waals surface area contributed by atoms with E-state index in [1.807, 2.05) is 0 Å². The van der Waals surface area contributed by atoms with E-state index in [1.54, 1.807) is 24.3 Å². The van der Waals surface area contributed by atoms with Crippen molar-refractivity contribution in [3.8, 4) is 0 Å². The fourth-order valence-electron chi connectivity index (χ4n) is 1.75. The van der Waals surface area contributed by atoms with Crippen LogP contribution in [-0.4, -0.2) is 5.91 Å². The van der Waals surface area contributed by atoms with Crippen molar-refractivity contribution < 1.29 is 18.0 Å². The van der Waals surface area contributed by atoms with Gasteiger partial charge in [-0.3, -0.25) is 4.79 Å². The summed E-state index contributed by atoms with van der Waals surface area (Å²) in [6.45, 7) is 0. The molecular formula is C16H10BrClF3NO. The second kappa shape index (κ2) is 7.19. The zero-order chi connectivity index (χ0) is 17.0. The maximum absolute atomic E-state index is 12.8. The van der Waals surface area contributed by atoms with Crippen molar-refractivity contribution in [1.82, 2.24) is 0 Å². The number of halogens is 5. The normalized spacial score (nSPS) is 11.7. The molecular weight excluding hydrogens is 395 g/mol. The smallest absolute Gasteiger partial charge is 0.322 e. The maximum Gasteiger partial charge on any atom is 0.417 e. The molecule has 0 aliphatic rings. The Bertz CT molecular complexity index is 742. The van der Waals surface area contributed by atoms with Gasteiger partial charge in [-0.15, -0.1) is 0 Å². The van der Waals surface area contributed by atoms with Crippen LogP contribution in [0.15, 0.2) is 53.0 Å². The van der Waals surface area contributed by atoms with Gasteiger partial charge in [-0.25, -0.2) is 0 Å². The number of nitrogens with one attached hydrogen (secondary N) is 1. The van der Waals surface area contributed by atoms with Crippen LogP contribution in [-0.2, 0) is 11.0 Å². The van der Waals surface area contributed by atoms with Gasteiger partial charge in [0.25, 0.3) is 0 Å². The van der Waals surface area contributed by atoms with Crippen molar-refractivity contribution in [3.05, 3.63) is 69.2 Å². The van der Waals surface area contributed by atoms with E-state index in [0.717, 1.165) is 11.6 Å². The van der Waals surface area contributed by atoms with Gasteiger partial charge in [0.1, 0.15) is 0 Å². The number of rotatable bonds is 3. The van der Waals surface area contributed by atoms with E-state index in [0.29, 0.717) is 5.02 Å². The fourth-order valence-corrected chi connectivity index (χ4v) is 2.35. The van der Waals surface area contributed by atoms with Crippen LogP contribution in [0.2, 0.25) is 5.02 Å². The molecule has 23 heavy (non-hydrogen) atoms. The predicted octanol–water partition coefficient (Wildman–Crippen LogP) is 5.77. The number of hydrogen-bond donors (Lipinski definition) is 1. The van der Waals surface area contributed by atoms with E-state index < -0.39 is 17.6 Å². The molecule has 0 saturated heterocycles. The Balaban J connectivity index is 2.10. The molecule has 0 aromatic heterocycles. The molecule has 0 aliphatic carbocycles. The van der Waals surface area contributed by atoms with Crippen molar-refractivity contribution in [3.63, 3.8) is 0 Å². The molecule has 0 spiro atoms. The van der Waals surface area contributed by atoms with Crippen LogP contribution in [0.1, 0.15) is 11.1 Å². The molecule has 7 heteroatoms. The SMILES string of the molecule is O=C(/C=C/c1ccc(Cl)cc1)Nc1ccc(Br)c(C(F)(F)F)c1. The summed E-state index contributed by atoms with van der Waals surface area (Å²) in [4.78, 5) is 11.8. The van der Waals surface area contributed by atoms with Gasteiger partial charge in [-0.1, -0.05) is 39.7 Å². The van der Waals surface area contributed by atoms with Crippen LogP contribution < -0.4 is 5.32 Å². The monoisotopic (exact) mass is 403 g/mol. The number of alkyl halides is 3. The van der Waals surface area contributed by atoms with E-state index >= 15 is 0 Å². The average Bonchev–Trinajstić information content (AvgIpc) is 2.47. The fraction of sp³-hybridized carbons (Fsp3) is 0.0625. The molecule has 1 N–H and O–H groups in total. The van der Waals surface area contributed by atoms with Gasteiger partial charge in [-0.2, -0.15) is 13.2 Å². The lowest BCUT2D eigenvalue weighted by atomic mass is 10.2. The molecule has 0 aliphatic heterocycles. The van der Waals surface area contributed by atoms with Crippen LogP contribution in [0.4, 0.5) is 18.9 Å². The molecule has 0 unspecified atom stereocenters. The van der Waals surface area contributed by atoms with E-state index in [2.05, 4.69) is 21.2 Å². The Hall–Kier alpha value is -1.79. The van der Waals surface area contributed by atoms with Gasteiger partial charge >= 0.3 is 6.18 Å². The summed E-state index contributed by atoms with van der Waals surface area (Å²) in [6.07, 6.45) is -1.73. The topological polar surface area (TPSA) is 29.1 Å². The van der Waals surface area contributed by atoms with Crippen LogP contribution in [0.5, 0.6) is 0 Å². The minimum absolute atomic E-state index is 0.0614. The second-order valence-corrected chi connectivity index (χ2v) is 5.86. The number of carbonyl (C=O) groups excluding carboxylic acids is 1. The first-order valence-electron chi connectivity index (χ1n) is 6.37. The van der Waals surface area contributed by atoms with Gasteiger partial charge in [0.2, 0.25) is 5.91 Å². The lowest BCUT2D eigenvalue weighted by molar-refractivity contribution is -0.138. The van der Waals surface area contributed by atoms with Gasteiger partial charge < -0.3 is 5.32 Å². The molecule has 0 heterocycles. The first-order valence-corrected chi connectivity index (χ1v) is 7.54. The molecule has 0 fully saturated rings. The molecule has 1 amide bonds. The molecule has 0 saturated carbocycles. The number of carbonyl (C=O) groups is 1. The van der Waals surface area contributed by atoms with E-state index in [1.165, 1.54) is 24.3 Å². The lowest BCUT2D eigenvalue weighted by Crippen LogP contribution is -2.11. The summed E-state index contributed by atoms with van der Waals surface area (Å²) in [5, 5.41) is 2.96. The maximum atomic E-state index is 12.8. The van der Waals surface area contributed by atoms with Crippen LogP contribution in [0.25, 0.3) is 6.08 Å². The average molecular weight is 405 g/mol. The predicted molar refractivity (Wildman–Crippen MR) is 88.3 cm³/mol. The van der Waals surface area contributed by atoms with Gasteiger partial charge in [-0.05, 0) is 42.0 Å². The molecule has 0 radical (unpaired) electrons. The molecule has 0 bridgehead atoms. The van der Waals surface area contributed by atoms with Crippen LogP contribution >= 0.6 is 27.5 Å². The van der Waals surface area contributed by atoms with E-state index in [-0.39, 0.29) is 10.2 Å². The minimum atomic E-state index is -4.50. The summed E-state index contributed by atoms with van der Waals surface area (Å²) in [7, 11) is 0. The number of benzene rings is 2. The quantitative estimate of drug-likeness (QED) is 0.646. The number of anilines is 1. The van der Waals surface area contributed by atoms with E-state index in [9.17, 15) is 18.0 Å². The summed E-state index contributed by atoms with van der Waals surface area (Å²) in [5.41, 5.74) is -0.0420. The van der Waals surface area contributed by atoms with Crippen molar-refractivity contribution in [2.45, 2.75) is 6.18 Å².